The predicted octanol–water partition coefficient (Wildman–Crippen LogP) is 4.10. The first-order valence-corrected chi connectivity index (χ1v) is 9.94. The summed E-state index contributed by atoms with van der Waals surface area (Å²) in [6.45, 7) is 9.99. The van der Waals surface area contributed by atoms with Crippen LogP contribution in [0.1, 0.15) is 32.6 Å². The number of hydrogen-bond acceptors (Lipinski definition) is 6. The summed E-state index contributed by atoms with van der Waals surface area (Å²) in [6, 6.07) is 10.3. The Morgan fingerprint density at radius 2 is 2.00 bits per heavy atom. The highest BCUT2D eigenvalue weighted by atomic mass is 16.5. The Hall–Kier alpha value is -3.31. The molecule has 0 spiro atoms. The van der Waals surface area contributed by atoms with Gasteiger partial charge in [-0.05, 0) is 56.9 Å². The summed E-state index contributed by atoms with van der Waals surface area (Å²) in [5.74, 6) is 1.92. The van der Waals surface area contributed by atoms with Crippen LogP contribution in [0.3, 0.4) is 0 Å². The molecule has 0 atom stereocenters. The van der Waals surface area contributed by atoms with Crippen molar-refractivity contribution in [2.45, 2.75) is 44.7 Å². The monoisotopic (exact) mass is 391 g/mol. The Morgan fingerprint density at radius 3 is 2.69 bits per heavy atom. The molecule has 1 fully saturated rings. The predicted molar refractivity (Wildman–Crippen MR) is 114 cm³/mol. The highest BCUT2D eigenvalue weighted by Gasteiger charge is 2.21. The SMILES string of the molecule is [C-]#[N+]c1cnc2c(Nc3ccc(OCC)cc3)cc(N[C@H]3CC[C@H](N)CC3)nn12. The molecule has 0 bridgehead atoms. The number of anilines is 3. The van der Waals surface area contributed by atoms with Gasteiger partial charge in [0.2, 0.25) is 0 Å². The van der Waals surface area contributed by atoms with Crippen molar-refractivity contribution >= 4 is 28.7 Å². The van der Waals surface area contributed by atoms with E-state index < -0.39 is 0 Å². The van der Waals surface area contributed by atoms with Crippen LogP contribution in [0.4, 0.5) is 23.0 Å². The van der Waals surface area contributed by atoms with Crippen LogP contribution in [-0.2, 0) is 0 Å². The Kier molecular flexibility index (Phi) is 5.49. The number of ether oxygens (including phenoxy) is 1. The van der Waals surface area contributed by atoms with Crippen LogP contribution in [0.25, 0.3) is 10.5 Å². The van der Waals surface area contributed by atoms with E-state index in [1.54, 1.807) is 10.7 Å². The minimum atomic E-state index is 0.294. The fraction of sp³-hybridized carbons (Fsp3) is 0.381. The first-order valence-electron chi connectivity index (χ1n) is 9.94. The smallest absolute Gasteiger partial charge is 0.275 e. The van der Waals surface area contributed by atoms with Gasteiger partial charge in [-0.2, -0.15) is 0 Å². The molecule has 1 aliphatic carbocycles. The van der Waals surface area contributed by atoms with E-state index >= 15 is 0 Å². The standard InChI is InChI=1S/C21H25N7O/c1-3-29-17-10-8-15(9-11-17)25-18-12-19(26-16-6-4-14(22)5-7-16)27-28-20(23-2)13-24-21(18)28/h8-14,16,25H,3-7,22H2,1H3,(H,26,27)/t14-,16-. The second-order valence-electron chi connectivity index (χ2n) is 7.25. The molecule has 0 saturated heterocycles. The molecule has 0 unspecified atom stereocenters. The molecule has 8 heteroatoms. The lowest BCUT2D eigenvalue weighted by molar-refractivity contribution is 0.340. The first-order chi connectivity index (χ1) is 14.2. The highest BCUT2D eigenvalue weighted by Crippen LogP contribution is 2.29. The molecule has 1 aliphatic rings. The van der Waals surface area contributed by atoms with E-state index in [9.17, 15) is 0 Å². The summed E-state index contributed by atoms with van der Waals surface area (Å²) >= 11 is 0. The molecule has 1 aromatic carbocycles. The minimum absolute atomic E-state index is 0.294. The molecule has 2 heterocycles. The van der Waals surface area contributed by atoms with Gasteiger partial charge >= 0.3 is 0 Å². The third-order valence-electron chi connectivity index (χ3n) is 5.13. The number of nitrogens with one attached hydrogen (secondary N) is 2. The molecule has 2 aromatic heterocycles. The Morgan fingerprint density at radius 1 is 1.24 bits per heavy atom. The molecule has 0 amide bonds. The van der Waals surface area contributed by atoms with Crippen LogP contribution in [0.2, 0.25) is 0 Å². The normalized spacial score (nSPS) is 18.9. The Labute approximate surface area is 169 Å². The van der Waals surface area contributed by atoms with Crippen molar-refractivity contribution in [2.75, 3.05) is 17.2 Å². The van der Waals surface area contributed by atoms with Crippen LogP contribution >= 0.6 is 0 Å². The molecule has 29 heavy (non-hydrogen) atoms. The third-order valence-corrected chi connectivity index (χ3v) is 5.13. The number of nitrogens with zero attached hydrogens (tertiary/aromatic N) is 4. The number of fused-ring (bicyclic) bond motifs is 1. The van der Waals surface area contributed by atoms with Gasteiger partial charge in [0, 0.05) is 23.8 Å². The second-order valence-corrected chi connectivity index (χ2v) is 7.25. The van der Waals surface area contributed by atoms with Crippen molar-refractivity contribution in [2.24, 2.45) is 5.73 Å². The zero-order chi connectivity index (χ0) is 20.2. The molecule has 0 aliphatic heterocycles. The lowest BCUT2D eigenvalue weighted by Crippen LogP contribution is -2.33. The maximum Gasteiger partial charge on any atom is 0.275 e. The lowest BCUT2D eigenvalue weighted by atomic mass is 9.92. The van der Waals surface area contributed by atoms with Crippen molar-refractivity contribution in [1.82, 2.24) is 14.6 Å². The fourth-order valence-electron chi connectivity index (χ4n) is 3.62. The van der Waals surface area contributed by atoms with Crippen molar-refractivity contribution < 1.29 is 4.74 Å². The topological polar surface area (TPSA) is 93.9 Å². The van der Waals surface area contributed by atoms with Crippen LogP contribution < -0.4 is 21.1 Å². The minimum Gasteiger partial charge on any atom is -0.494 e. The Balaban J connectivity index is 1.63. The van der Waals surface area contributed by atoms with Gasteiger partial charge in [-0.3, -0.25) is 0 Å². The summed E-state index contributed by atoms with van der Waals surface area (Å²) in [5, 5.41) is 11.5. The summed E-state index contributed by atoms with van der Waals surface area (Å²) < 4.78 is 7.09. The average molecular weight is 391 g/mol. The van der Waals surface area contributed by atoms with Gasteiger partial charge in [0.05, 0.1) is 12.8 Å². The molecular weight excluding hydrogens is 366 g/mol. The van der Waals surface area contributed by atoms with Gasteiger partial charge < -0.3 is 25.9 Å². The molecule has 8 nitrogen and oxygen atoms in total. The quantitative estimate of drug-likeness (QED) is 0.548. The van der Waals surface area contributed by atoms with Crippen LogP contribution in [-0.4, -0.2) is 33.3 Å². The zero-order valence-corrected chi connectivity index (χ0v) is 16.4. The summed E-state index contributed by atoms with van der Waals surface area (Å²) in [7, 11) is 0. The Bertz CT molecular complexity index is 1010. The second kappa shape index (κ2) is 8.37. The average Bonchev–Trinajstić information content (AvgIpc) is 3.15. The van der Waals surface area contributed by atoms with Crippen molar-refractivity contribution in [3.05, 3.63) is 47.9 Å². The van der Waals surface area contributed by atoms with Crippen LogP contribution in [0, 0.1) is 6.57 Å². The summed E-state index contributed by atoms with van der Waals surface area (Å²) in [4.78, 5) is 7.92. The number of nitrogens with two attached hydrogens (primary N) is 1. The van der Waals surface area contributed by atoms with Crippen molar-refractivity contribution in [1.29, 1.82) is 0 Å². The summed E-state index contributed by atoms with van der Waals surface area (Å²) in [6.07, 6.45) is 5.59. The van der Waals surface area contributed by atoms with Crippen LogP contribution in [0.5, 0.6) is 5.75 Å². The van der Waals surface area contributed by atoms with E-state index in [0.717, 1.165) is 42.8 Å². The number of aromatic nitrogens is 3. The lowest BCUT2D eigenvalue weighted by Gasteiger charge is -2.27. The number of benzene rings is 1. The van der Waals surface area contributed by atoms with Gasteiger partial charge in [-0.1, -0.05) is 11.7 Å². The molecule has 1 saturated carbocycles. The van der Waals surface area contributed by atoms with Crippen molar-refractivity contribution in [3.63, 3.8) is 0 Å². The van der Waals surface area contributed by atoms with E-state index in [-0.39, 0.29) is 0 Å². The molecule has 150 valence electrons. The number of imidazole rings is 1. The van der Waals surface area contributed by atoms with E-state index in [1.165, 1.54) is 0 Å². The maximum atomic E-state index is 7.40. The molecule has 4 rings (SSSR count). The van der Waals surface area contributed by atoms with E-state index in [4.69, 9.17) is 17.0 Å². The molecular formula is C21H25N7O. The maximum absolute atomic E-state index is 7.40. The van der Waals surface area contributed by atoms with Crippen molar-refractivity contribution in [3.8, 4) is 5.75 Å². The zero-order valence-electron chi connectivity index (χ0n) is 16.4. The van der Waals surface area contributed by atoms with E-state index in [0.29, 0.717) is 36.0 Å². The fourth-order valence-corrected chi connectivity index (χ4v) is 3.62. The summed E-state index contributed by atoms with van der Waals surface area (Å²) in [5.41, 5.74) is 8.32. The largest absolute Gasteiger partial charge is 0.494 e. The van der Waals surface area contributed by atoms with E-state index in [1.807, 2.05) is 37.3 Å². The molecule has 3 aromatic rings. The molecule has 4 N–H and O–H groups in total. The first kappa shape index (κ1) is 19.0. The van der Waals surface area contributed by atoms with Crippen LogP contribution in [0.15, 0.2) is 36.5 Å². The number of hydrogen-bond donors (Lipinski definition) is 3. The third kappa shape index (κ3) is 4.25. The van der Waals surface area contributed by atoms with Gasteiger partial charge in [-0.15, -0.1) is 4.52 Å². The highest BCUT2D eigenvalue weighted by molar-refractivity contribution is 5.77. The van der Waals surface area contributed by atoms with E-state index in [2.05, 4.69) is 25.6 Å². The molecule has 0 radical (unpaired) electrons. The van der Waals surface area contributed by atoms with Gasteiger partial charge in [-0.25, -0.2) is 4.98 Å². The van der Waals surface area contributed by atoms with Gasteiger partial charge in [0.1, 0.15) is 11.4 Å². The number of rotatable bonds is 6. The van der Waals surface area contributed by atoms with Gasteiger partial charge in [0.25, 0.3) is 11.5 Å². The van der Waals surface area contributed by atoms with Gasteiger partial charge in [0.15, 0.2) is 5.82 Å².